The number of halogens is 1. The van der Waals surface area contributed by atoms with Gasteiger partial charge in [-0.15, -0.1) is 0 Å². The van der Waals surface area contributed by atoms with Crippen LogP contribution in [0.15, 0.2) is 24.3 Å². The highest BCUT2D eigenvalue weighted by Gasteiger charge is 2.09. The van der Waals surface area contributed by atoms with Crippen molar-refractivity contribution in [1.29, 1.82) is 0 Å². The second-order valence-corrected chi connectivity index (χ2v) is 4.20. The summed E-state index contributed by atoms with van der Waals surface area (Å²) in [7, 11) is 0. The fourth-order valence-corrected chi connectivity index (χ4v) is 1.33. The van der Waals surface area contributed by atoms with E-state index in [-0.39, 0.29) is 32.1 Å². The first kappa shape index (κ1) is 16.9. The van der Waals surface area contributed by atoms with Crippen LogP contribution in [0.4, 0.5) is 4.39 Å². The smallest absolute Gasteiger partial charge is 0.239 e. The van der Waals surface area contributed by atoms with Crippen molar-refractivity contribution in [3.05, 3.63) is 30.1 Å². The maximum atomic E-state index is 12.7. The van der Waals surface area contributed by atoms with E-state index in [9.17, 15) is 19.1 Å². The van der Waals surface area contributed by atoms with E-state index in [2.05, 4.69) is 10.6 Å². The number of carbonyl (C=O) groups is 2. The van der Waals surface area contributed by atoms with Crippen molar-refractivity contribution >= 4 is 11.8 Å². The Hall–Kier alpha value is -2.19. The number of nitrogens with two attached hydrogens (primary N) is 1. The van der Waals surface area contributed by atoms with Gasteiger partial charge >= 0.3 is 0 Å². The number of benzene rings is 1. The van der Waals surface area contributed by atoms with Gasteiger partial charge < -0.3 is 26.2 Å². The Morgan fingerprint density at radius 1 is 1.24 bits per heavy atom. The van der Waals surface area contributed by atoms with E-state index < -0.39 is 17.9 Å². The molecular formula is C13H18FN3O4. The number of nitrogens with one attached hydrogen (secondary N) is 2. The van der Waals surface area contributed by atoms with Crippen molar-refractivity contribution in [2.45, 2.75) is 6.10 Å². The number of hydrogen-bond acceptors (Lipinski definition) is 5. The molecule has 116 valence electrons. The maximum absolute atomic E-state index is 12.7. The quantitative estimate of drug-likeness (QED) is 0.479. The van der Waals surface area contributed by atoms with Gasteiger partial charge in [0.15, 0.2) is 0 Å². The molecule has 0 aromatic heterocycles. The predicted molar refractivity (Wildman–Crippen MR) is 73.0 cm³/mol. The number of rotatable bonds is 8. The lowest BCUT2D eigenvalue weighted by atomic mass is 10.3. The van der Waals surface area contributed by atoms with E-state index in [0.717, 1.165) is 0 Å². The summed E-state index contributed by atoms with van der Waals surface area (Å²) in [6.45, 7) is -0.484. The molecule has 0 spiro atoms. The summed E-state index contributed by atoms with van der Waals surface area (Å²) < 4.78 is 17.9. The second-order valence-electron chi connectivity index (χ2n) is 4.20. The highest BCUT2D eigenvalue weighted by molar-refractivity contribution is 5.85. The zero-order valence-corrected chi connectivity index (χ0v) is 11.3. The van der Waals surface area contributed by atoms with Crippen molar-refractivity contribution in [3.63, 3.8) is 0 Å². The van der Waals surface area contributed by atoms with Gasteiger partial charge in [-0.25, -0.2) is 4.39 Å². The van der Waals surface area contributed by atoms with Crippen LogP contribution in [0.2, 0.25) is 0 Å². The zero-order valence-electron chi connectivity index (χ0n) is 11.3. The molecule has 0 heterocycles. The van der Waals surface area contributed by atoms with Crippen LogP contribution in [0.5, 0.6) is 5.75 Å². The van der Waals surface area contributed by atoms with Crippen molar-refractivity contribution in [1.82, 2.24) is 10.6 Å². The lowest BCUT2D eigenvalue weighted by molar-refractivity contribution is -0.125. The highest BCUT2D eigenvalue weighted by atomic mass is 19.1. The van der Waals surface area contributed by atoms with Crippen LogP contribution in [-0.2, 0) is 9.59 Å². The van der Waals surface area contributed by atoms with Crippen molar-refractivity contribution in [2.24, 2.45) is 5.73 Å². The van der Waals surface area contributed by atoms with Crippen LogP contribution in [-0.4, -0.2) is 49.3 Å². The number of ether oxygens (including phenoxy) is 1. The summed E-state index contributed by atoms with van der Waals surface area (Å²) in [6, 6.07) is 5.35. The maximum Gasteiger partial charge on any atom is 0.239 e. The number of amides is 2. The van der Waals surface area contributed by atoms with Gasteiger partial charge in [-0.05, 0) is 24.3 Å². The molecular weight excluding hydrogens is 281 g/mol. The minimum Gasteiger partial charge on any atom is -0.491 e. The predicted octanol–water partition coefficient (Wildman–Crippen LogP) is -1.24. The van der Waals surface area contributed by atoms with Crippen molar-refractivity contribution in [2.75, 3.05) is 26.2 Å². The van der Waals surface area contributed by atoms with Crippen LogP contribution < -0.4 is 21.1 Å². The summed E-state index contributed by atoms with van der Waals surface area (Å²) >= 11 is 0. The monoisotopic (exact) mass is 299 g/mol. The van der Waals surface area contributed by atoms with E-state index in [1.54, 1.807) is 0 Å². The van der Waals surface area contributed by atoms with Gasteiger partial charge in [-0.2, -0.15) is 0 Å². The summed E-state index contributed by atoms with van der Waals surface area (Å²) in [5.74, 6) is -0.852. The van der Waals surface area contributed by atoms with Gasteiger partial charge in [0, 0.05) is 6.54 Å². The first-order chi connectivity index (χ1) is 10.0. The number of hydrogen-bond donors (Lipinski definition) is 4. The number of carbonyl (C=O) groups excluding carboxylic acids is 2. The number of aliphatic hydroxyl groups is 1. The summed E-state index contributed by atoms with van der Waals surface area (Å²) in [4.78, 5) is 22.1. The third-order valence-electron chi connectivity index (χ3n) is 2.42. The average Bonchev–Trinajstić information content (AvgIpc) is 2.49. The summed E-state index contributed by atoms with van der Waals surface area (Å²) in [6.07, 6.45) is -0.927. The van der Waals surface area contributed by atoms with Crippen LogP contribution in [0.25, 0.3) is 0 Å². The topological polar surface area (TPSA) is 114 Å². The molecule has 2 amide bonds. The Morgan fingerprint density at radius 3 is 2.52 bits per heavy atom. The van der Waals surface area contributed by atoms with Crippen LogP contribution in [0.1, 0.15) is 0 Å². The first-order valence-electron chi connectivity index (χ1n) is 6.31. The van der Waals surface area contributed by atoms with Crippen LogP contribution in [0, 0.1) is 5.82 Å². The standard InChI is InChI=1S/C13H18FN3O4/c14-9-1-3-11(4-2-9)21-8-10(18)6-16-13(20)7-17-12(19)5-15/h1-4,10,18H,5-8,15H2,(H,16,20)(H,17,19). The first-order valence-corrected chi connectivity index (χ1v) is 6.31. The van der Waals surface area contributed by atoms with E-state index in [4.69, 9.17) is 10.5 Å². The van der Waals surface area contributed by atoms with Gasteiger partial charge in [0.2, 0.25) is 11.8 Å². The molecule has 1 rings (SSSR count). The van der Waals surface area contributed by atoms with Gasteiger partial charge in [0.1, 0.15) is 24.3 Å². The molecule has 0 aliphatic rings. The second kappa shape index (κ2) is 8.88. The Balaban J connectivity index is 2.18. The molecule has 0 fully saturated rings. The number of aliphatic hydroxyl groups excluding tert-OH is 1. The minimum absolute atomic E-state index is 0.0292. The molecule has 5 N–H and O–H groups in total. The Bertz CT molecular complexity index is 467. The molecule has 0 radical (unpaired) electrons. The SMILES string of the molecule is NCC(=O)NCC(=O)NCC(O)COc1ccc(F)cc1. The molecule has 0 saturated heterocycles. The fraction of sp³-hybridized carbons (Fsp3) is 0.385. The Kier molecular flexibility index (Phi) is 7.13. The van der Waals surface area contributed by atoms with Crippen LogP contribution >= 0.6 is 0 Å². The van der Waals surface area contributed by atoms with Gasteiger partial charge in [0.05, 0.1) is 13.1 Å². The molecule has 0 saturated carbocycles. The molecule has 0 aliphatic heterocycles. The fourth-order valence-electron chi connectivity index (χ4n) is 1.33. The Morgan fingerprint density at radius 2 is 1.90 bits per heavy atom. The van der Waals surface area contributed by atoms with Gasteiger partial charge in [-0.1, -0.05) is 0 Å². The Labute approximate surface area is 121 Å². The van der Waals surface area contributed by atoms with E-state index >= 15 is 0 Å². The third kappa shape index (κ3) is 7.23. The van der Waals surface area contributed by atoms with E-state index in [0.29, 0.717) is 5.75 Å². The molecule has 1 unspecified atom stereocenters. The highest BCUT2D eigenvalue weighted by Crippen LogP contribution is 2.10. The third-order valence-corrected chi connectivity index (χ3v) is 2.42. The zero-order chi connectivity index (χ0) is 15.7. The van der Waals surface area contributed by atoms with E-state index in [1.165, 1.54) is 24.3 Å². The van der Waals surface area contributed by atoms with Gasteiger partial charge in [-0.3, -0.25) is 9.59 Å². The molecule has 0 aliphatic carbocycles. The lowest BCUT2D eigenvalue weighted by Gasteiger charge is -2.13. The molecule has 0 bridgehead atoms. The molecule has 1 aromatic carbocycles. The van der Waals surface area contributed by atoms with Crippen molar-refractivity contribution in [3.8, 4) is 5.75 Å². The molecule has 8 heteroatoms. The molecule has 7 nitrogen and oxygen atoms in total. The normalized spacial score (nSPS) is 11.6. The van der Waals surface area contributed by atoms with Crippen LogP contribution in [0.3, 0.4) is 0 Å². The van der Waals surface area contributed by atoms with Gasteiger partial charge in [0.25, 0.3) is 0 Å². The largest absolute Gasteiger partial charge is 0.491 e. The molecule has 21 heavy (non-hydrogen) atoms. The summed E-state index contributed by atoms with van der Waals surface area (Å²) in [5, 5.41) is 14.3. The molecule has 1 atom stereocenters. The molecule has 1 aromatic rings. The van der Waals surface area contributed by atoms with Crippen molar-refractivity contribution < 1.29 is 23.8 Å². The average molecular weight is 299 g/mol. The van der Waals surface area contributed by atoms with E-state index in [1.807, 2.05) is 0 Å². The minimum atomic E-state index is -0.927. The summed E-state index contributed by atoms with van der Waals surface area (Å²) in [5.41, 5.74) is 5.06. The lowest BCUT2D eigenvalue weighted by Crippen LogP contribution is -2.42.